The molecule has 1 aromatic rings. The summed E-state index contributed by atoms with van der Waals surface area (Å²) in [6, 6.07) is 5.75. The number of hydrogen-bond donors (Lipinski definition) is 1. The number of rotatable bonds is 7. The molecule has 7 nitrogen and oxygen atoms in total. The molecule has 0 bridgehead atoms. The zero-order chi connectivity index (χ0) is 16.7. The maximum absolute atomic E-state index is 12.1. The molecule has 1 aliphatic heterocycles. The third-order valence-corrected chi connectivity index (χ3v) is 4.06. The lowest BCUT2D eigenvalue weighted by Crippen LogP contribution is -2.42. The predicted octanol–water partition coefficient (Wildman–Crippen LogP) is 2.24. The quantitative estimate of drug-likeness (QED) is 0.597. The van der Waals surface area contributed by atoms with Crippen molar-refractivity contribution in [3.8, 4) is 5.75 Å². The molecule has 134 valence electrons. The van der Waals surface area contributed by atoms with E-state index in [2.05, 4.69) is 12.2 Å². The van der Waals surface area contributed by atoms with Gasteiger partial charge in [-0.15, -0.1) is 12.4 Å². The summed E-state index contributed by atoms with van der Waals surface area (Å²) in [6.45, 7) is 5.57. The molecule has 8 heteroatoms. The second-order valence-electron chi connectivity index (χ2n) is 5.67. The standard InChI is InChI=1S/C16H23N3O4.ClH/c1-2-17-11-13-7-9-18(10-8-13)16(20)12-23-15-5-3-14(4-6-15)19(21)22;/h3-6,13,17H,2,7-12H2,1H3;1H. The maximum atomic E-state index is 12.1. The van der Waals surface area contributed by atoms with Crippen LogP contribution < -0.4 is 10.1 Å². The third-order valence-electron chi connectivity index (χ3n) is 4.06. The molecule has 1 heterocycles. The van der Waals surface area contributed by atoms with Crippen LogP contribution in [0.5, 0.6) is 5.75 Å². The van der Waals surface area contributed by atoms with Crippen molar-refractivity contribution in [2.45, 2.75) is 19.8 Å². The molecule has 2 rings (SSSR count). The Kier molecular flexibility index (Phi) is 8.49. The van der Waals surface area contributed by atoms with Gasteiger partial charge < -0.3 is 15.0 Å². The molecular weight excluding hydrogens is 334 g/mol. The van der Waals surface area contributed by atoms with E-state index in [1.54, 1.807) is 0 Å². The molecule has 0 unspecified atom stereocenters. The van der Waals surface area contributed by atoms with E-state index in [1.807, 2.05) is 4.90 Å². The SMILES string of the molecule is CCNCC1CCN(C(=O)COc2ccc([N+](=O)[O-])cc2)CC1.Cl. The smallest absolute Gasteiger partial charge is 0.269 e. The molecule has 1 N–H and O–H groups in total. The van der Waals surface area contributed by atoms with E-state index in [9.17, 15) is 14.9 Å². The van der Waals surface area contributed by atoms with Gasteiger partial charge in [0.15, 0.2) is 6.61 Å². The lowest BCUT2D eigenvalue weighted by molar-refractivity contribution is -0.384. The van der Waals surface area contributed by atoms with Gasteiger partial charge in [0.2, 0.25) is 0 Å². The summed E-state index contributed by atoms with van der Waals surface area (Å²) in [5.41, 5.74) is 0.00596. The first-order valence-electron chi connectivity index (χ1n) is 7.96. The summed E-state index contributed by atoms with van der Waals surface area (Å²) in [5.74, 6) is 1.06. The summed E-state index contributed by atoms with van der Waals surface area (Å²) in [6.07, 6.45) is 2.02. The number of nitro groups is 1. The minimum absolute atomic E-state index is 0. The zero-order valence-electron chi connectivity index (χ0n) is 13.8. The number of ether oxygens (including phenoxy) is 1. The van der Waals surface area contributed by atoms with Gasteiger partial charge in [0.05, 0.1) is 4.92 Å². The number of nitrogens with one attached hydrogen (secondary N) is 1. The second-order valence-corrected chi connectivity index (χ2v) is 5.67. The molecule has 24 heavy (non-hydrogen) atoms. The molecule has 1 aromatic carbocycles. The molecule has 0 spiro atoms. The molecule has 0 saturated carbocycles. The Morgan fingerprint density at radius 2 is 1.96 bits per heavy atom. The summed E-state index contributed by atoms with van der Waals surface area (Å²) >= 11 is 0. The van der Waals surface area contributed by atoms with Crippen LogP contribution in [0, 0.1) is 16.0 Å². The van der Waals surface area contributed by atoms with Crippen LogP contribution in [0.15, 0.2) is 24.3 Å². The second kappa shape index (κ2) is 10.1. The fraction of sp³-hybridized carbons (Fsp3) is 0.562. The Morgan fingerprint density at radius 3 is 2.50 bits per heavy atom. The Bertz CT molecular complexity index is 531. The van der Waals surface area contributed by atoms with Crippen molar-refractivity contribution in [1.29, 1.82) is 0 Å². The van der Waals surface area contributed by atoms with Crippen LogP contribution in [0.3, 0.4) is 0 Å². The monoisotopic (exact) mass is 357 g/mol. The number of carbonyl (C=O) groups is 1. The first-order valence-corrected chi connectivity index (χ1v) is 7.96. The van der Waals surface area contributed by atoms with Crippen molar-refractivity contribution >= 4 is 24.0 Å². The zero-order valence-corrected chi connectivity index (χ0v) is 14.6. The number of nitrogens with zero attached hydrogens (tertiary/aromatic N) is 2. The summed E-state index contributed by atoms with van der Waals surface area (Å²) in [4.78, 5) is 24.1. The number of benzene rings is 1. The van der Waals surface area contributed by atoms with E-state index >= 15 is 0 Å². The van der Waals surface area contributed by atoms with E-state index in [0.29, 0.717) is 11.7 Å². The molecule has 1 aliphatic rings. The fourth-order valence-electron chi connectivity index (χ4n) is 2.64. The molecule has 1 fully saturated rings. The van der Waals surface area contributed by atoms with Crippen molar-refractivity contribution in [2.75, 3.05) is 32.8 Å². The lowest BCUT2D eigenvalue weighted by atomic mass is 9.97. The summed E-state index contributed by atoms with van der Waals surface area (Å²) in [7, 11) is 0. The van der Waals surface area contributed by atoms with Crippen molar-refractivity contribution in [1.82, 2.24) is 10.2 Å². The fourth-order valence-corrected chi connectivity index (χ4v) is 2.64. The molecule has 0 atom stereocenters. The van der Waals surface area contributed by atoms with Gasteiger partial charge in [-0.05, 0) is 44.0 Å². The van der Waals surface area contributed by atoms with E-state index < -0.39 is 4.92 Å². The van der Waals surface area contributed by atoms with Gasteiger partial charge in [-0.25, -0.2) is 0 Å². The lowest BCUT2D eigenvalue weighted by Gasteiger charge is -2.32. The number of non-ortho nitro benzene ring substituents is 1. The van der Waals surface area contributed by atoms with Crippen LogP contribution in [0.4, 0.5) is 5.69 Å². The van der Waals surface area contributed by atoms with Crippen LogP contribution in [0.2, 0.25) is 0 Å². The third kappa shape index (κ3) is 5.98. The minimum Gasteiger partial charge on any atom is -0.484 e. The van der Waals surface area contributed by atoms with Gasteiger partial charge in [-0.3, -0.25) is 14.9 Å². The number of hydrogen-bond acceptors (Lipinski definition) is 5. The number of likely N-dealkylation sites (tertiary alicyclic amines) is 1. The Hall–Kier alpha value is -1.86. The Labute approximate surface area is 147 Å². The number of piperidine rings is 1. The Morgan fingerprint density at radius 1 is 1.33 bits per heavy atom. The molecular formula is C16H24ClN3O4. The number of carbonyl (C=O) groups excluding carboxylic acids is 1. The van der Waals surface area contributed by atoms with Crippen LogP contribution in [-0.4, -0.2) is 48.5 Å². The van der Waals surface area contributed by atoms with Gasteiger partial charge in [-0.1, -0.05) is 6.92 Å². The first-order chi connectivity index (χ1) is 11.1. The predicted molar refractivity (Wildman–Crippen MR) is 93.7 cm³/mol. The maximum Gasteiger partial charge on any atom is 0.269 e. The van der Waals surface area contributed by atoms with Crippen molar-refractivity contribution < 1.29 is 14.5 Å². The van der Waals surface area contributed by atoms with Gasteiger partial charge >= 0.3 is 0 Å². The van der Waals surface area contributed by atoms with Gasteiger partial charge in [-0.2, -0.15) is 0 Å². The van der Waals surface area contributed by atoms with E-state index in [0.717, 1.165) is 39.0 Å². The highest BCUT2D eigenvalue weighted by Gasteiger charge is 2.22. The van der Waals surface area contributed by atoms with Crippen LogP contribution in [-0.2, 0) is 4.79 Å². The highest BCUT2D eigenvalue weighted by atomic mass is 35.5. The van der Waals surface area contributed by atoms with Gasteiger partial charge in [0.1, 0.15) is 5.75 Å². The topological polar surface area (TPSA) is 84.7 Å². The van der Waals surface area contributed by atoms with Crippen molar-refractivity contribution in [2.24, 2.45) is 5.92 Å². The summed E-state index contributed by atoms with van der Waals surface area (Å²) < 4.78 is 5.42. The summed E-state index contributed by atoms with van der Waals surface area (Å²) in [5, 5.41) is 13.9. The Balaban J connectivity index is 0.00000288. The number of amides is 1. The largest absolute Gasteiger partial charge is 0.484 e. The number of halogens is 1. The molecule has 0 radical (unpaired) electrons. The minimum atomic E-state index is -0.466. The van der Waals surface area contributed by atoms with Crippen LogP contribution in [0.1, 0.15) is 19.8 Å². The molecule has 0 aromatic heterocycles. The molecule has 1 amide bonds. The van der Waals surface area contributed by atoms with Crippen molar-refractivity contribution in [3.05, 3.63) is 34.4 Å². The van der Waals surface area contributed by atoms with Gasteiger partial charge in [0, 0.05) is 25.2 Å². The van der Waals surface area contributed by atoms with Crippen molar-refractivity contribution in [3.63, 3.8) is 0 Å². The average Bonchev–Trinajstić information content (AvgIpc) is 2.58. The highest BCUT2D eigenvalue weighted by molar-refractivity contribution is 5.85. The van der Waals surface area contributed by atoms with Crippen LogP contribution >= 0.6 is 12.4 Å². The normalized spacial score (nSPS) is 14.8. The van der Waals surface area contributed by atoms with E-state index in [1.165, 1.54) is 24.3 Å². The first kappa shape index (κ1) is 20.2. The van der Waals surface area contributed by atoms with Gasteiger partial charge in [0.25, 0.3) is 11.6 Å². The average molecular weight is 358 g/mol. The number of nitro benzene ring substituents is 1. The molecule has 0 aliphatic carbocycles. The van der Waals surface area contributed by atoms with E-state index in [-0.39, 0.29) is 30.6 Å². The highest BCUT2D eigenvalue weighted by Crippen LogP contribution is 2.19. The molecule has 1 saturated heterocycles. The van der Waals surface area contributed by atoms with E-state index in [4.69, 9.17) is 4.74 Å². The van der Waals surface area contributed by atoms with Crippen LogP contribution in [0.25, 0.3) is 0 Å².